The van der Waals surface area contributed by atoms with E-state index in [2.05, 4.69) is 15.6 Å². The van der Waals surface area contributed by atoms with Crippen LogP contribution in [0.25, 0.3) is 0 Å². The molecule has 0 radical (unpaired) electrons. The van der Waals surface area contributed by atoms with Gasteiger partial charge in [0, 0.05) is 25.6 Å². The van der Waals surface area contributed by atoms with Gasteiger partial charge in [0.15, 0.2) is 0 Å². The molecule has 0 spiro atoms. The summed E-state index contributed by atoms with van der Waals surface area (Å²) < 4.78 is 53.5. The van der Waals surface area contributed by atoms with Crippen LogP contribution in [0.1, 0.15) is 29.3 Å². The minimum absolute atomic E-state index is 0.111. The van der Waals surface area contributed by atoms with Crippen LogP contribution in [0.2, 0.25) is 0 Å². The van der Waals surface area contributed by atoms with Crippen molar-refractivity contribution in [3.05, 3.63) is 58.8 Å². The Hall–Kier alpha value is -3.08. The largest absolute Gasteiger partial charge is 0.419 e. The number of carbonyl (C=O) groups excluding carboxylic acids is 1. The summed E-state index contributed by atoms with van der Waals surface area (Å²) in [6.45, 7) is 1.89. The van der Waals surface area contributed by atoms with Crippen LogP contribution in [-0.4, -0.2) is 45.8 Å². The molecule has 2 aliphatic heterocycles. The number of nitrogens with one attached hydrogen (secondary N) is 2. The van der Waals surface area contributed by atoms with Gasteiger partial charge in [-0.05, 0) is 19.1 Å². The average Bonchev–Trinajstić information content (AvgIpc) is 3.26. The van der Waals surface area contributed by atoms with Gasteiger partial charge in [0.05, 0.1) is 35.3 Å². The molecule has 0 aliphatic carbocycles. The molecule has 154 valence electrons. The van der Waals surface area contributed by atoms with E-state index in [4.69, 9.17) is 0 Å². The second-order valence-corrected chi connectivity index (χ2v) is 6.97. The van der Waals surface area contributed by atoms with Crippen LogP contribution >= 0.6 is 0 Å². The van der Waals surface area contributed by atoms with Gasteiger partial charge in [-0.25, -0.2) is 9.40 Å². The normalized spacial score (nSPS) is 20.1. The Morgan fingerprint density at radius 3 is 2.69 bits per heavy atom. The monoisotopic (exact) mass is 410 g/mol. The smallest absolute Gasteiger partial charge is 0.330 e. The molecule has 0 saturated carbocycles. The van der Waals surface area contributed by atoms with Crippen molar-refractivity contribution < 1.29 is 22.4 Å². The van der Waals surface area contributed by atoms with Crippen molar-refractivity contribution >= 4 is 11.7 Å². The Morgan fingerprint density at radius 1 is 1.28 bits per heavy atom. The van der Waals surface area contributed by atoms with Gasteiger partial charge in [-0.2, -0.15) is 18.3 Å². The highest BCUT2D eigenvalue weighted by molar-refractivity contribution is 5.95. The summed E-state index contributed by atoms with van der Waals surface area (Å²) >= 11 is 0. The van der Waals surface area contributed by atoms with E-state index in [1.165, 1.54) is 4.90 Å². The van der Waals surface area contributed by atoms with Crippen molar-refractivity contribution in [3.8, 4) is 0 Å². The van der Waals surface area contributed by atoms with Crippen LogP contribution in [0.15, 0.2) is 41.9 Å². The molecule has 0 fully saturated rings. The van der Waals surface area contributed by atoms with Gasteiger partial charge >= 0.3 is 6.18 Å². The van der Waals surface area contributed by atoms with E-state index in [0.717, 1.165) is 23.6 Å². The second-order valence-electron chi connectivity index (χ2n) is 6.97. The number of aromatic amines is 1. The third kappa shape index (κ3) is 3.20. The topological polar surface area (TPSA) is 67.5 Å². The molecule has 11 heteroatoms. The Bertz CT molecular complexity index is 971. The molecule has 4 rings (SSSR count). The second kappa shape index (κ2) is 6.76. The van der Waals surface area contributed by atoms with E-state index < -0.39 is 29.0 Å². The van der Waals surface area contributed by atoms with Gasteiger partial charge in [0.1, 0.15) is 11.6 Å². The van der Waals surface area contributed by atoms with E-state index in [0.29, 0.717) is 18.2 Å². The number of nitrogens with zero attached hydrogens (tertiary/aromatic N) is 4. The maximum atomic E-state index is 14.5. The third-order valence-corrected chi connectivity index (χ3v) is 5.06. The minimum Gasteiger partial charge on any atom is -0.330 e. The number of anilines is 1. The zero-order valence-electron chi connectivity index (χ0n) is 15.6. The quantitative estimate of drug-likeness (QED) is 0.746. The maximum absolute atomic E-state index is 14.5. The fourth-order valence-electron chi connectivity index (χ4n) is 3.69. The number of H-pyrrole nitrogens is 1. The molecule has 1 atom stereocenters. The summed E-state index contributed by atoms with van der Waals surface area (Å²) in [5.74, 6) is -1.61. The van der Waals surface area contributed by atoms with Gasteiger partial charge in [-0.15, -0.1) is 5.12 Å². The number of halogens is 4. The molecule has 1 aromatic carbocycles. The van der Waals surface area contributed by atoms with Gasteiger partial charge in [-0.1, -0.05) is 6.07 Å². The molecule has 7 nitrogen and oxygen atoms in total. The fraction of sp³-hybridized carbons (Fsp3) is 0.333. The lowest BCUT2D eigenvalue weighted by Gasteiger charge is -2.35. The lowest BCUT2D eigenvalue weighted by Crippen LogP contribution is -2.45. The summed E-state index contributed by atoms with van der Waals surface area (Å²) in [6.07, 6.45) is -2.83. The van der Waals surface area contributed by atoms with Crippen molar-refractivity contribution in [2.24, 2.45) is 0 Å². The van der Waals surface area contributed by atoms with Gasteiger partial charge in [0.25, 0.3) is 5.91 Å². The van der Waals surface area contributed by atoms with Gasteiger partial charge < -0.3 is 10.3 Å². The summed E-state index contributed by atoms with van der Waals surface area (Å²) in [5, 5.41) is 10.4. The molecule has 1 aromatic heterocycles. The lowest BCUT2D eigenvalue weighted by molar-refractivity contribution is -0.140. The van der Waals surface area contributed by atoms with E-state index >= 15 is 0 Å². The van der Waals surface area contributed by atoms with Gasteiger partial charge in [-0.3, -0.25) is 9.89 Å². The van der Waals surface area contributed by atoms with Gasteiger partial charge in [0.2, 0.25) is 0 Å². The lowest BCUT2D eigenvalue weighted by atomic mass is 10.0. The number of aromatic nitrogens is 2. The highest BCUT2D eigenvalue weighted by Gasteiger charge is 2.40. The van der Waals surface area contributed by atoms with Crippen molar-refractivity contribution in [1.29, 1.82) is 0 Å². The van der Waals surface area contributed by atoms with Crippen molar-refractivity contribution in [2.75, 3.05) is 18.6 Å². The molecular formula is C18H18F4N6O. The number of rotatable bonds is 2. The maximum Gasteiger partial charge on any atom is 0.419 e. The van der Waals surface area contributed by atoms with Crippen LogP contribution in [-0.2, 0) is 6.18 Å². The Kier molecular flexibility index (Phi) is 4.49. The predicted molar refractivity (Wildman–Crippen MR) is 95.5 cm³/mol. The number of hydrogen-bond acceptors (Lipinski definition) is 5. The highest BCUT2D eigenvalue weighted by Crippen LogP contribution is 2.35. The Balaban J connectivity index is 1.64. The highest BCUT2D eigenvalue weighted by atomic mass is 19.4. The molecule has 0 saturated heterocycles. The van der Waals surface area contributed by atoms with Crippen molar-refractivity contribution in [3.63, 3.8) is 0 Å². The molecular weight excluding hydrogens is 392 g/mol. The fourth-order valence-corrected chi connectivity index (χ4v) is 3.69. The summed E-state index contributed by atoms with van der Waals surface area (Å²) in [4.78, 5) is 14.3. The number of hydrazine groups is 2. The first-order chi connectivity index (χ1) is 13.7. The summed E-state index contributed by atoms with van der Waals surface area (Å²) in [7, 11) is 1.78. The molecule has 3 heterocycles. The third-order valence-electron chi connectivity index (χ3n) is 5.06. The van der Waals surface area contributed by atoms with Crippen LogP contribution in [0, 0.1) is 5.82 Å². The summed E-state index contributed by atoms with van der Waals surface area (Å²) in [5.41, 5.74) is 2.70. The van der Waals surface area contributed by atoms with Crippen LogP contribution in [0.3, 0.4) is 0 Å². The van der Waals surface area contributed by atoms with Crippen LogP contribution in [0.5, 0.6) is 0 Å². The van der Waals surface area contributed by atoms with E-state index in [9.17, 15) is 22.4 Å². The first-order valence-electron chi connectivity index (χ1n) is 8.87. The predicted octanol–water partition coefficient (Wildman–Crippen LogP) is 2.89. The number of alkyl halides is 3. The van der Waals surface area contributed by atoms with E-state index in [1.54, 1.807) is 31.4 Å². The Labute approximate surface area is 163 Å². The molecule has 29 heavy (non-hydrogen) atoms. The van der Waals surface area contributed by atoms with E-state index in [-0.39, 0.29) is 12.6 Å². The number of hydrogen-bond donors (Lipinski definition) is 2. The molecule has 2 N–H and O–H groups in total. The zero-order chi connectivity index (χ0) is 20.9. The number of amides is 1. The minimum atomic E-state index is -4.87. The average molecular weight is 410 g/mol. The molecule has 1 amide bonds. The van der Waals surface area contributed by atoms with Crippen LogP contribution in [0.4, 0.5) is 23.4 Å². The van der Waals surface area contributed by atoms with Crippen molar-refractivity contribution in [2.45, 2.75) is 25.6 Å². The standard InChI is InChI=1S/C18H18F4N6O/c1-10-8-14-13(25-26(2)28(14)15-6-7-23-24-15)9-27(10)17(29)11-4-3-5-12(16(11)19)18(20,21)22/h3-7,10,25H,8-9H2,1-2H3,(H,23,24)/t10-/m0/s1. The first kappa shape index (κ1) is 19.2. The molecule has 0 unspecified atom stereocenters. The van der Waals surface area contributed by atoms with Crippen LogP contribution < -0.4 is 10.4 Å². The Morgan fingerprint density at radius 2 is 2.03 bits per heavy atom. The zero-order valence-corrected chi connectivity index (χ0v) is 15.6. The number of carbonyl (C=O) groups is 1. The molecule has 0 bridgehead atoms. The van der Waals surface area contributed by atoms with Crippen molar-refractivity contribution in [1.82, 2.24) is 25.6 Å². The molecule has 2 aromatic rings. The number of benzene rings is 1. The van der Waals surface area contributed by atoms with E-state index in [1.807, 2.05) is 5.01 Å². The molecule has 2 aliphatic rings. The first-order valence-corrected chi connectivity index (χ1v) is 8.87. The summed E-state index contributed by atoms with van der Waals surface area (Å²) in [6, 6.07) is 4.18. The SMILES string of the molecule is C[C@H]1CC2=C(CN1C(=O)c1cccc(C(F)(F)F)c1F)NN(C)N2c1ccn[nH]1.